The fraction of sp³-hybridized carbons (Fsp3) is 0.0769. The van der Waals surface area contributed by atoms with E-state index in [0.29, 0.717) is 12.0 Å². The lowest BCUT2D eigenvalue weighted by Gasteiger charge is -2.03. The van der Waals surface area contributed by atoms with Gasteiger partial charge in [-0.05, 0) is 36.8 Å². The third kappa shape index (κ3) is 2.60. The Morgan fingerprint density at radius 2 is 2.12 bits per heavy atom. The zero-order chi connectivity index (χ0) is 12.3. The number of amides is 1. The molecule has 0 saturated carbocycles. The van der Waals surface area contributed by atoms with Crippen molar-refractivity contribution >= 4 is 17.9 Å². The average Bonchev–Trinajstić information content (AvgIpc) is 2.77. The SMILES string of the molecule is Cc1cccc(NC(=O)c2ccc(C=O)o2)c1. The third-order valence-electron chi connectivity index (χ3n) is 2.24. The maximum atomic E-state index is 11.7. The summed E-state index contributed by atoms with van der Waals surface area (Å²) in [6.45, 7) is 1.94. The maximum absolute atomic E-state index is 11.7. The van der Waals surface area contributed by atoms with Crippen LogP contribution in [0.3, 0.4) is 0 Å². The molecule has 0 radical (unpaired) electrons. The molecule has 2 rings (SSSR count). The van der Waals surface area contributed by atoms with Gasteiger partial charge < -0.3 is 9.73 Å². The van der Waals surface area contributed by atoms with Crippen molar-refractivity contribution in [1.82, 2.24) is 0 Å². The van der Waals surface area contributed by atoms with E-state index in [9.17, 15) is 9.59 Å². The molecule has 0 spiro atoms. The number of hydrogen-bond donors (Lipinski definition) is 1. The minimum absolute atomic E-state index is 0.119. The van der Waals surface area contributed by atoms with Crippen molar-refractivity contribution in [2.75, 3.05) is 5.32 Å². The van der Waals surface area contributed by atoms with Gasteiger partial charge in [0.05, 0.1) is 0 Å². The van der Waals surface area contributed by atoms with Gasteiger partial charge in [0, 0.05) is 5.69 Å². The molecule has 0 atom stereocenters. The number of carbonyl (C=O) groups is 2. The topological polar surface area (TPSA) is 59.3 Å². The first-order valence-electron chi connectivity index (χ1n) is 5.12. The Hall–Kier alpha value is -2.36. The molecule has 1 aromatic heterocycles. The first-order valence-corrected chi connectivity index (χ1v) is 5.12. The van der Waals surface area contributed by atoms with Crippen LogP contribution >= 0.6 is 0 Å². The maximum Gasteiger partial charge on any atom is 0.291 e. The largest absolute Gasteiger partial charge is 0.448 e. The summed E-state index contributed by atoms with van der Waals surface area (Å²) < 4.78 is 5.02. The number of rotatable bonds is 3. The van der Waals surface area contributed by atoms with Crippen molar-refractivity contribution in [3.63, 3.8) is 0 Å². The fourth-order valence-electron chi connectivity index (χ4n) is 1.45. The Bertz CT molecular complexity index is 557. The summed E-state index contributed by atoms with van der Waals surface area (Å²) in [4.78, 5) is 22.2. The van der Waals surface area contributed by atoms with Gasteiger partial charge in [-0.15, -0.1) is 0 Å². The number of nitrogens with one attached hydrogen (secondary N) is 1. The molecule has 0 bridgehead atoms. The van der Waals surface area contributed by atoms with Gasteiger partial charge in [0.1, 0.15) is 0 Å². The van der Waals surface area contributed by atoms with Crippen LogP contribution in [0.25, 0.3) is 0 Å². The zero-order valence-corrected chi connectivity index (χ0v) is 9.27. The van der Waals surface area contributed by atoms with Crippen LogP contribution in [0, 0.1) is 6.92 Å². The van der Waals surface area contributed by atoms with Gasteiger partial charge in [0.2, 0.25) is 0 Å². The summed E-state index contributed by atoms with van der Waals surface area (Å²) >= 11 is 0. The van der Waals surface area contributed by atoms with Crippen LogP contribution in [0.2, 0.25) is 0 Å². The molecule has 1 N–H and O–H groups in total. The van der Waals surface area contributed by atoms with E-state index in [-0.39, 0.29) is 17.4 Å². The first kappa shape index (κ1) is 11.1. The molecule has 4 heteroatoms. The van der Waals surface area contributed by atoms with Crippen LogP contribution in [-0.2, 0) is 0 Å². The van der Waals surface area contributed by atoms with Gasteiger partial charge in [0.15, 0.2) is 17.8 Å². The highest BCUT2D eigenvalue weighted by atomic mass is 16.4. The number of furan rings is 1. The average molecular weight is 229 g/mol. The number of carbonyl (C=O) groups excluding carboxylic acids is 2. The van der Waals surface area contributed by atoms with E-state index in [1.165, 1.54) is 12.1 Å². The Balaban J connectivity index is 2.14. The lowest BCUT2D eigenvalue weighted by atomic mass is 10.2. The van der Waals surface area contributed by atoms with Crippen molar-refractivity contribution in [1.29, 1.82) is 0 Å². The van der Waals surface area contributed by atoms with Gasteiger partial charge in [0.25, 0.3) is 5.91 Å². The molecular weight excluding hydrogens is 218 g/mol. The number of hydrogen-bond acceptors (Lipinski definition) is 3. The quantitative estimate of drug-likeness (QED) is 0.823. The molecule has 2 aromatic rings. The molecule has 0 aliphatic carbocycles. The van der Waals surface area contributed by atoms with Crippen LogP contribution < -0.4 is 5.32 Å². The van der Waals surface area contributed by atoms with E-state index >= 15 is 0 Å². The Morgan fingerprint density at radius 1 is 1.29 bits per heavy atom. The van der Waals surface area contributed by atoms with Crippen molar-refractivity contribution in [3.05, 3.63) is 53.5 Å². The highest BCUT2D eigenvalue weighted by molar-refractivity contribution is 6.02. The molecular formula is C13H11NO3. The third-order valence-corrected chi connectivity index (χ3v) is 2.24. The highest BCUT2D eigenvalue weighted by Crippen LogP contribution is 2.12. The predicted molar refractivity (Wildman–Crippen MR) is 63.2 cm³/mol. The molecule has 0 unspecified atom stereocenters. The second-order valence-electron chi connectivity index (χ2n) is 3.64. The molecule has 0 saturated heterocycles. The Labute approximate surface area is 98.3 Å². The molecule has 86 valence electrons. The molecule has 17 heavy (non-hydrogen) atoms. The van der Waals surface area contributed by atoms with E-state index in [0.717, 1.165) is 5.56 Å². The second-order valence-corrected chi connectivity index (χ2v) is 3.64. The van der Waals surface area contributed by atoms with E-state index in [1.54, 1.807) is 6.07 Å². The minimum atomic E-state index is -0.372. The number of anilines is 1. The Kier molecular flexibility index (Phi) is 3.05. The van der Waals surface area contributed by atoms with E-state index in [2.05, 4.69) is 5.32 Å². The standard InChI is InChI=1S/C13H11NO3/c1-9-3-2-4-10(7-9)14-13(16)12-6-5-11(8-15)17-12/h2-8H,1H3,(H,14,16). The fourth-order valence-corrected chi connectivity index (χ4v) is 1.45. The summed E-state index contributed by atoms with van der Waals surface area (Å²) in [5, 5.41) is 2.69. The number of benzene rings is 1. The predicted octanol–water partition coefficient (Wildman–Crippen LogP) is 2.65. The van der Waals surface area contributed by atoms with Gasteiger partial charge in [-0.2, -0.15) is 0 Å². The van der Waals surface area contributed by atoms with E-state index in [4.69, 9.17) is 4.42 Å². The van der Waals surface area contributed by atoms with Crippen LogP contribution in [0.5, 0.6) is 0 Å². The summed E-state index contributed by atoms with van der Waals surface area (Å²) in [6.07, 6.45) is 0.559. The van der Waals surface area contributed by atoms with Crippen molar-refractivity contribution < 1.29 is 14.0 Å². The van der Waals surface area contributed by atoms with E-state index < -0.39 is 0 Å². The summed E-state index contributed by atoms with van der Waals surface area (Å²) in [5.74, 6) is -0.114. The van der Waals surface area contributed by atoms with Gasteiger partial charge in [-0.3, -0.25) is 9.59 Å². The normalized spacial score (nSPS) is 9.94. The molecule has 1 aromatic carbocycles. The zero-order valence-electron chi connectivity index (χ0n) is 9.27. The number of aldehydes is 1. The van der Waals surface area contributed by atoms with Crippen molar-refractivity contribution in [3.8, 4) is 0 Å². The molecule has 1 heterocycles. The van der Waals surface area contributed by atoms with Crippen LogP contribution in [0.4, 0.5) is 5.69 Å². The van der Waals surface area contributed by atoms with Gasteiger partial charge in [-0.1, -0.05) is 12.1 Å². The second kappa shape index (κ2) is 4.65. The van der Waals surface area contributed by atoms with Crippen molar-refractivity contribution in [2.24, 2.45) is 0 Å². The lowest BCUT2D eigenvalue weighted by molar-refractivity contribution is 0.0992. The lowest BCUT2D eigenvalue weighted by Crippen LogP contribution is -2.10. The number of aryl methyl sites for hydroxylation is 1. The molecule has 0 aliphatic rings. The van der Waals surface area contributed by atoms with Gasteiger partial charge in [-0.25, -0.2) is 0 Å². The van der Waals surface area contributed by atoms with Crippen molar-refractivity contribution in [2.45, 2.75) is 6.92 Å². The summed E-state index contributed by atoms with van der Waals surface area (Å²) in [6, 6.07) is 10.3. The smallest absolute Gasteiger partial charge is 0.291 e. The first-order chi connectivity index (χ1) is 8.19. The summed E-state index contributed by atoms with van der Waals surface area (Å²) in [5.41, 5.74) is 1.75. The molecule has 0 fully saturated rings. The molecule has 0 aliphatic heterocycles. The monoisotopic (exact) mass is 229 g/mol. The van der Waals surface area contributed by atoms with E-state index in [1.807, 2.05) is 25.1 Å². The molecule has 4 nitrogen and oxygen atoms in total. The minimum Gasteiger partial charge on any atom is -0.448 e. The summed E-state index contributed by atoms with van der Waals surface area (Å²) in [7, 11) is 0. The highest BCUT2D eigenvalue weighted by Gasteiger charge is 2.10. The van der Waals surface area contributed by atoms with Crippen LogP contribution in [0.15, 0.2) is 40.8 Å². The van der Waals surface area contributed by atoms with Crippen LogP contribution in [0.1, 0.15) is 26.7 Å². The van der Waals surface area contributed by atoms with Crippen LogP contribution in [-0.4, -0.2) is 12.2 Å². The Morgan fingerprint density at radius 3 is 2.76 bits per heavy atom. The van der Waals surface area contributed by atoms with Gasteiger partial charge >= 0.3 is 0 Å². The molecule has 1 amide bonds.